The Labute approximate surface area is 118 Å². The molecule has 0 aromatic carbocycles. The highest BCUT2D eigenvalue weighted by Gasteiger charge is 2.50. The summed E-state index contributed by atoms with van der Waals surface area (Å²) in [7, 11) is 0. The van der Waals surface area contributed by atoms with E-state index in [1.54, 1.807) is 12.1 Å². The molecule has 1 N–H and O–H groups in total. The van der Waals surface area contributed by atoms with Crippen LogP contribution in [0.2, 0.25) is 5.15 Å². The Morgan fingerprint density at radius 3 is 2.89 bits per heavy atom. The molecule has 5 heteroatoms. The predicted molar refractivity (Wildman–Crippen MR) is 77.2 cm³/mol. The Bertz CT molecular complexity index is 533. The van der Waals surface area contributed by atoms with Crippen molar-refractivity contribution in [3.05, 3.63) is 28.9 Å². The summed E-state index contributed by atoms with van der Waals surface area (Å²) >= 11 is 5.67. The van der Waals surface area contributed by atoms with Crippen LogP contribution in [0, 0.1) is 17.3 Å². The molecule has 4 nitrogen and oxygen atoms in total. The first-order valence-electron chi connectivity index (χ1n) is 6.56. The summed E-state index contributed by atoms with van der Waals surface area (Å²) in [4.78, 5) is 0. The van der Waals surface area contributed by atoms with E-state index in [-0.39, 0.29) is 0 Å². The molecule has 2 bridgehead atoms. The second-order valence-corrected chi connectivity index (χ2v) is 6.24. The van der Waals surface area contributed by atoms with Gasteiger partial charge in [0.25, 0.3) is 0 Å². The van der Waals surface area contributed by atoms with Crippen molar-refractivity contribution < 1.29 is 0 Å². The molecule has 4 rings (SSSR count). The van der Waals surface area contributed by atoms with Gasteiger partial charge in [0, 0.05) is 0 Å². The predicted octanol–water partition coefficient (Wildman–Crippen LogP) is 3.52. The van der Waals surface area contributed by atoms with E-state index >= 15 is 0 Å². The van der Waals surface area contributed by atoms with Crippen LogP contribution in [0.4, 0.5) is 5.82 Å². The van der Waals surface area contributed by atoms with Gasteiger partial charge in [-0.05, 0) is 47.8 Å². The summed E-state index contributed by atoms with van der Waals surface area (Å²) in [5.41, 5.74) is 4.64. The molecule has 0 amide bonds. The fourth-order valence-electron chi connectivity index (χ4n) is 3.09. The number of halogens is 1. The van der Waals surface area contributed by atoms with Gasteiger partial charge in [-0.15, -0.1) is 10.2 Å². The van der Waals surface area contributed by atoms with E-state index in [1.807, 2.05) is 6.21 Å². The molecule has 3 aliphatic rings. The van der Waals surface area contributed by atoms with Crippen molar-refractivity contribution in [2.75, 3.05) is 5.43 Å². The molecule has 1 aromatic heterocycles. The molecule has 1 fully saturated rings. The number of anilines is 1. The summed E-state index contributed by atoms with van der Waals surface area (Å²) in [5, 5.41) is 12.3. The molecule has 0 radical (unpaired) electrons. The van der Waals surface area contributed by atoms with Crippen molar-refractivity contribution >= 4 is 23.6 Å². The van der Waals surface area contributed by atoms with E-state index in [2.05, 4.69) is 40.6 Å². The van der Waals surface area contributed by atoms with Crippen molar-refractivity contribution in [2.45, 2.75) is 26.7 Å². The van der Waals surface area contributed by atoms with Crippen LogP contribution in [0.1, 0.15) is 26.7 Å². The zero-order valence-electron chi connectivity index (χ0n) is 11.1. The maximum Gasteiger partial charge on any atom is 0.168 e. The molecule has 0 unspecified atom stereocenters. The summed E-state index contributed by atoms with van der Waals surface area (Å²) in [5.74, 6) is 2.10. The average Bonchev–Trinajstić information content (AvgIpc) is 2.41. The van der Waals surface area contributed by atoms with Gasteiger partial charge < -0.3 is 0 Å². The molecule has 1 heterocycles. The fraction of sp³-hybridized carbons (Fsp3) is 0.500. The minimum atomic E-state index is 0.381. The van der Waals surface area contributed by atoms with Crippen LogP contribution in [0.15, 0.2) is 28.9 Å². The Hall–Kier alpha value is -1.42. The monoisotopic (exact) mass is 276 g/mol. The van der Waals surface area contributed by atoms with Crippen molar-refractivity contribution in [1.29, 1.82) is 0 Å². The number of hydrogen-bond donors (Lipinski definition) is 1. The van der Waals surface area contributed by atoms with Crippen molar-refractivity contribution in [3.63, 3.8) is 0 Å². The highest BCUT2D eigenvalue weighted by Crippen LogP contribution is 2.58. The second-order valence-electron chi connectivity index (χ2n) is 5.86. The molecule has 1 aromatic rings. The number of fused-ring (bicyclic) bond motifs is 1. The lowest BCUT2D eigenvalue weighted by Gasteiger charge is -2.55. The first-order chi connectivity index (χ1) is 9.07. The van der Waals surface area contributed by atoms with Crippen molar-refractivity contribution in [2.24, 2.45) is 22.4 Å². The third-order valence-corrected chi connectivity index (χ3v) is 4.74. The van der Waals surface area contributed by atoms with Crippen molar-refractivity contribution in [1.82, 2.24) is 10.2 Å². The standard InChI is InChI=1S/C14H17ClN4/c1-14(2)10-4-3-9(11(14)7-10)8-16-18-13-6-5-12(15)17-19-13/h3,5-6,8,10-11H,4,7H2,1-2H3,(H,18,19)/b16-8-/t10-,11-/m1/s1. The highest BCUT2D eigenvalue weighted by molar-refractivity contribution is 6.29. The lowest BCUT2D eigenvalue weighted by molar-refractivity contribution is -0.00124. The smallest absolute Gasteiger partial charge is 0.168 e. The molecule has 3 aliphatic carbocycles. The molecule has 2 atom stereocenters. The quantitative estimate of drug-likeness (QED) is 0.679. The van der Waals surface area contributed by atoms with E-state index < -0.39 is 0 Å². The lowest BCUT2D eigenvalue weighted by Crippen LogP contribution is -2.48. The molecule has 19 heavy (non-hydrogen) atoms. The van der Waals surface area contributed by atoms with Gasteiger partial charge in [-0.1, -0.05) is 31.5 Å². The van der Waals surface area contributed by atoms with Crippen LogP contribution in [0.3, 0.4) is 0 Å². The minimum Gasteiger partial charge on any atom is -0.260 e. The zero-order chi connectivity index (χ0) is 13.5. The van der Waals surface area contributed by atoms with E-state index in [0.29, 0.717) is 22.3 Å². The van der Waals surface area contributed by atoms with Gasteiger partial charge in [-0.2, -0.15) is 5.10 Å². The van der Waals surface area contributed by atoms with E-state index in [1.165, 1.54) is 18.4 Å². The molecule has 0 saturated heterocycles. The largest absolute Gasteiger partial charge is 0.260 e. The first-order valence-corrected chi connectivity index (χ1v) is 6.93. The number of allylic oxidation sites excluding steroid dienone is 2. The maximum absolute atomic E-state index is 5.67. The zero-order valence-corrected chi connectivity index (χ0v) is 11.9. The molecular weight excluding hydrogens is 260 g/mol. The lowest BCUT2D eigenvalue weighted by atomic mass is 9.49. The number of hydrogen-bond acceptors (Lipinski definition) is 4. The summed E-state index contributed by atoms with van der Waals surface area (Å²) < 4.78 is 0. The van der Waals surface area contributed by atoms with Gasteiger partial charge in [-0.3, -0.25) is 5.43 Å². The van der Waals surface area contributed by atoms with E-state index in [0.717, 1.165) is 5.92 Å². The van der Waals surface area contributed by atoms with Crippen LogP contribution in [-0.4, -0.2) is 16.4 Å². The summed E-state index contributed by atoms with van der Waals surface area (Å²) in [6.07, 6.45) is 6.69. The van der Waals surface area contributed by atoms with Crippen molar-refractivity contribution in [3.8, 4) is 0 Å². The normalized spacial score (nSPS) is 27.8. The second kappa shape index (κ2) is 4.60. The first kappa shape index (κ1) is 12.6. The fourth-order valence-corrected chi connectivity index (χ4v) is 3.19. The van der Waals surface area contributed by atoms with Crippen LogP contribution in [-0.2, 0) is 0 Å². The number of nitrogens with zero attached hydrogens (tertiary/aromatic N) is 3. The summed E-state index contributed by atoms with van der Waals surface area (Å²) in [6.45, 7) is 4.70. The van der Waals surface area contributed by atoms with Crippen LogP contribution in [0.5, 0.6) is 0 Å². The average molecular weight is 277 g/mol. The van der Waals surface area contributed by atoms with Gasteiger partial charge >= 0.3 is 0 Å². The number of nitrogens with one attached hydrogen (secondary N) is 1. The van der Waals surface area contributed by atoms with Crippen LogP contribution in [0.25, 0.3) is 0 Å². The number of hydrazone groups is 1. The van der Waals surface area contributed by atoms with Gasteiger partial charge in [0.05, 0.1) is 6.21 Å². The Morgan fingerprint density at radius 2 is 2.26 bits per heavy atom. The summed E-state index contributed by atoms with van der Waals surface area (Å²) in [6, 6.07) is 3.44. The van der Waals surface area contributed by atoms with Gasteiger partial charge in [0.2, 0.25) is 0 Å². The number of rotatable bonds is 3. The maximum atomic E-state index is 5.67. The van der Waals surface area contributed by atoms with Gasteiger partial charge in [0.1, 0.15) is 0 Å². The molecule has 100 valence electrons. The molecule has 0 spiro atoms. The van der Waals surface area contributed by atoms with E-state index in [4.69, 9.17) is 11.6 Å². The Balaban J connectivity index is 1.64. The molecule has 0 aliphatic heterocycles. The third kappa shape index (κ3) is 2.25. The molecular formula is C14H17ClN4. The Kier molecular flexibility index (Phi) is 3.05. The number of aromatic nitrogens is 2. The third-order valence-electron chi connectivity index (χ3n) is 4.54. The van der Waals surface area contributed by atoms with Crippen LogP contribution < -0.4 is 5.43 Å². The molecule has 1 saturated carbocycles. The van der Waals surface area contributed by atoms with E-state index in [9.17, 15) is 0 Å². The SMILES string of the molecule is CC1(C)[C@@H]2CC=C(/C=N\Nc3ccc(Cl)nn3)[C@H]1C2. The van der Waals surface area contributed by atoms with Gasteiger partial charge in [-0.25, -0.2) is 0 Å². The Morgan fingerprint density at radius 1 is 1.42 bits per heavy atom. The minimum absolute atomic E-state index is 0.381. The van der Waals surface area contributed by atoms with Gasteiger partial charge in [0.15, 0.2) is 11.0 Å². The highest BCUT2D eigenvalue weighted by atomic mass is 35.5. The van der Waals surface area contributed by atoms with Crippen LogP contribution >= 0.6 is 11.6 Å². The topological polar surface area (TPSA) is 50.2 Å².